The van der Waals surface area contributed by atoms with Gasteiger partial charge in [0.2, 0.25) is 0 Å². The molecule has 0 aliphatic heterocycles. The molecule has 21 heavy (non-hydrogen) atoms. The summed E-state index contributed by atoms with van der Waals surface area (Å²) in [4.78, 5) is 11.8. The Morgan fingerprint density at radius 2 is 2.24 bits per heavy atom. The van der Waals surface area contributed by atoms with Gasteiger partial charge in [0.15, 0.2) is 6.10 Å². The highest BCUT2D eigenvalue weighted by molar-refractivity contribution is 7.08. The summed E-state index contributed by atoms with van der Waals surface area (Å²) in [5.41, 5.74) is 3.34. The van der Waals surface area contributed by atoms with Crippen LogP contribution in [0.1, 0.15) is 12.5 Å². The van der Waals surface area contributed by atoms with Crippen molar-refractivity contribution in [3.05, 3.63) is 50.6 Å². The number of nitrogens with one attached hydrogen (secondary N) is 1. The SMILES string of the molecule is CC(Oc1ccc(Cl)cc1Cl)C(=O)N/N=C/c1ccsc1. The molecule has 0 saturated heterocycles. The molecule has 1 unspecified atom stereocenters. The Labute approximate surface area is 136 Å². The van der Waals surface area contributed by atoms with Crippen LogP contribution in [0.5, 0.6) is 5.75 Å². The smallest absolute Gasteiger partial charge is 0.280 e. The number of thiophene rings is 1. The van der Waals surface area contributed by atoms with Gasteiger partial charge in [0.05, 0.1) is 11.2 Å². The molecule has 0 radical (unpaired) electrons. The first-order valence-electron chi connectivity index (χ1n) is 6.03. The lowest BCUT2D eigenvalue weighted by atomic mass is 10.3. The molecule has 1 atom stereocenters. The van der Waals surface area contributed by atoms with Crippen LogP contribution in [0.2, 0.25) is 10.0 Å². The van der Waals surface area contributed by atoms with Crippen LogP contribution in [0.15, 0.2) is 40.1 Å². The maximum atomic E-state index is 11.8. The fourth-order valence-corrected chi connectivity index (χ4v) is 2.49. The van der Waals surface area contributed by atoms with Gasteiger partial charge in [0, 0.05) is 10.6 Å². The Kier molecular flexibility index (Phi) is 5.61. The van der Waals surface area contributed by atoms with Gasteiger partial charge in [-0.3, -0.25) is 4.79 Å². The van der Waals surface area contributed by atoms with Crippen molar-refractivity contribution < 1.29 is 9.53 Å². The van der Waals surface area contributed by atoms with Gasteiger partial charge in [-0.05, 0) is 41.9 Å². The summed E-state index contributed by atoms with van der Waals surface area (Å²) in [7, 11) is 0. The molecule has 1 aromatic heterocycles. The fraction of sp³-hybridized carbons (Fsp3) is 0.143. The quantitative estimate of drug-likeness (QED) is 0.660. The Morgan fingerprint density at radius 1 is 1.43 bits per heavy atom. The summed E-state index contributed by atoms with van der Waals surface area (Å²) in [6.45, 7) is 1.61. The zero-order chi connectivity index (χ0) is 15.2. The molecule has 0 bridgehead atoms. The van der Waals surface area contributed by atoms with Crippen LogP contribution in [0.4, 0.5) is 0 Å². The highest BCUT2D eigenvalue weighted by Crippen LogP contribution is 2.28. The van der Waals surface area contributed by atoms with Crippen LogP contribution in [0.25, 0.3) is 0 Å². The van der Waals surface area contributed by atoms with E-state index in [1.807, 2.05) is 16.8 Å². The van der Waals surface area contributed by atoms with Gasteiger partial charge < -0.3 is 4.74 Å². The number of halogens is 2. The average molecular weight is 343 g/mol. The van der Waals surface area contributed by atoms with Gasteiger partial charge in [0.1, 0.15) is 5.75 Å². The van der Waals surface area contributed by atoms with Crippen LogP contribution in [0, 0.1) is 0 Å². The van der Waals surface area contributed by atoms with E-state index in [2.05, 4.69) is 10.5 Å². The van der Waals surface area contributed by atoms with E-state index in [4.69, 9.17) is 27.9 Å². The van der Waals surface area contributed by atoms with E-state index in [1.165, 1.54) is 0 Å². The van der Waals surface area contributed by atoms with Crippen LogP contribution in [0.3, 0.4) is 0 Å². The predicted molar refractivity (Wildman–Crippen MR) is 86.6 cm³/mol. The second kappa shape index (κ2) is 7.45. The van der Waals surface area contributed by atoms with Crippen molar-refractivity contribution in [2.45, 2.75) is 13.0 Å². The Balaban J connectivity index is 1.90. The number of ether oxygens (including phenoxy) is 1. The number of hydrogen-bond acceptors (Lipinski definition) is 4. The molecule has 110 valence electrons. The maximum Gasteiger partial charge on any atom is 0.280 e. The summed E-state index contributed by atoms with van der Waals surface area (Å²) in [6, 6.07) is 6.71. The number of carbonyl (C=O) groups is 1. The first-order chi connectivity index (χ1) is 10.1. The van der Waals surface area contributed by atoms with Crippen molar-refractivity contribution in [3.63, 3.8) is 0 Å². The number of hydrazone groups is 1. The van der Waals surface area contributed by atoms with E-state index in [0.29, 0.717) is 15.8 Å². The van der Waals surface area contributed by atoms with Crippen molar-refractivity contribution in [1.82, 2.24) is 5.43 Å². The molecule has 4 nitrogen and oxygen atoms in total. The molecule has 2 rings (SSSR count). The third-order valence-electron chi connectivity index (χ3n) is 2.50. The van der Waals surface area contributed by atoms with Crippen molar-refractivity contribution in [3.8, 4) is 5.75 Å². The van der Waals surface area contributed by atoms with Crippen molar-refractivity contribution in [2.24, 2.45) is 5.10 Å². The molecule has 1 heterocycles. The van der Waals surface area contributed by atoms with Gasteiger partial charge in [-0.1, -0.05) is 23.2 Å². The van der Waals surface area contributed by atoms with Crippen molar-refractivity contribution in [2.75, 3.05) is 0 Å². The molecule has 7 heteroatoms. The number of amides is 1. The minimum atomic E-state index is -0.733. The first kappa shape index (κ1) is 15.8. The number of hydrogen-bond donors (Lipinski definition) is 1. The Bertz CT molecular complexity index is 644. The lowest BCUT2D eigenvalue weighted by Gasteiger charge is -2.14. The molecule has 0 aliphatic carbocycles. The molecule has 0 saturated carbocycles. The largest absolute Gasteiger partial charge is 0.479 e. The minimum absolute atomic E-state index is 0.351. The summed E-state index contributed by atoms with van der Waals surface area (Å²) in [5.74, 6) is 0.0260. The summed E-state index contributed by atoms with van der Waals surface area (Å²) >= 11 is 13.3. The molecule has 0 spiro atoms. The van der Waals surface area contributed by atoms with Crippen LogP contribution < -0.4 is 10.2 Å². The molecule has 1 N–H and O–H groups in total. The first-order valence-corrected chi connectivity index (χ1v) is 7.73. The number of benzene rings is 1. The topological polar surface area (TPSA) is 50.7 Å². The molecular formula is C14H12Cl2N2O2S. The monoisotopic (exact) mass is 342 g/mol. The third kappa shape index (κ3) is 4.74. The van der Waals surface area contributed by atoms with E-state index < -0.39 is 6.10 Å². The maximum absolute atomic E-state index is 11.8. The second-order valence-electron chi connectivity index (χ2n) is 4.13. The lowest BCUT2D eigenvalue weighted by Crippen LogP contribution is -2.33. The number of rotatable bonds is 5. The van der Waals surface area contributed by atoms with Crippen molar-refractivity contribution >= 4 is 46.7 Å². The zero-order valence-electron chi connectivity index (χ0n) is 11.0. The Morgan fingerprint density at radius 3 is 2.90 bits per heavy atom. The van der Waals surface area contributed by atoms with E-state index in [-0.39, 0.29) is 5.91 Å². The zero-order valence-corrected chi connectivity index (χ0v) is 13.4. The molecule has 2 aromatic rings. The van der Waals surface area contributed by atoms with E-state index in [1.54, 1.807) is 42.7 Å². The van der Waals surface area contributed by atoms with Gasteiger partial charge in [-0.2, -0.15) is 16.4 Å². The molecular weight excluding hydrogens is 331 g/mol. The average Bonchev–Trinajstić information content (AvgIpc) is 2.95. The summed E-state index contributed by atoms with van der Waals surface area (Å²) < 4.78 is 5.48. The predicted octanol–water partition coefficient (Wildman–Crippen LogP) is 3.97. The van der Waals surface area contributed by atoms with E-state index in [9.17, 15) is 4.79 Å². The fourth-order valence-electron chi connectivity index (χ4n) is 1.42. The Hall–Kier alpha value is -1.56. The molecule has 1 amide bonds. The van der Waals surface area contributed by atoms with Gasteiger partial charge in [-0.15, -0.1) is 0 Å². The van der Waals surface area contributed by atoms with Crippen LogP contribution in [-0.4, -0.2) is 18.2 Å². The summed E-state index contributed by atoms with van der Waals surface area (Å²) in [6.07, 6.45) is 0.833. The van der Waals surface area contributed by atoms with E-state index in [0.717, 1.165) is 5.56 Å². The highest BCUT2D eigenvalue weighted by atomic mass is 35.5. The lowest BCUT2D eigenvalue weighted by molar-refractivity contribution is -0.127. The van der Waals surface area contributed by atoms with Crippen LogP contribution >= 0.6 is 34.5 Å². The minimum Gasteiger partial charge on any atom is -0.479 e. The van der Waals surface area contributed by atoms with Gasteiger partial charge in [0.25, 0.3) is 5.91 Å². The van der Waals surface area contributed by atoms with Crippen molar-refractivity contribution in [1.29, 1.82) is 0 Å². The normalized spacial score (nSPS) is 12.3. The standard InChI is InChI=1S/C14H12Cl2N2O2S/c1-9(20-13-3-2-11(15)6-12(13)16)14(19)18-17-7-10-4-5-21-8-10/h2-9H,1H3,(H,18,19)/b17-7+. The number of carbonyl (C=O) groups excluding carboxylic acids is 1. The summed E-state index contributed by atoms with van der Waals surface area (Å²) in [5, 5.41) is 8.56. The third-order valence-corrected chi connectivity index (χ3v) is 3.73. The molecule has 0 fully saturated rings. The van der Waals surface area contributed by atoms with Crippen LogP contribution in [-0.2, 0) is 4.79 Å². The molecule has 1 aromatic carbocycles. The second-order valence-corrected chi connectivity index (χ2v) is 5.75. The number of nitrogens with zero attached hydrogens (tertiary/aromatic N) is 1. The van der Waals surface area contributed by atoms with E-state index >= 15 is 0 Å². The van der Waals surface area contributed by atoms with Gasteiger partial charge in [-0.25, -0.2) is 5.43 Å². The van der Waals surface area contributed by atoms with Gasteiger partial charge >= 0.3 is 0 Å². The molecule has 0 aliphatic rings. The highest BCUT2D eigenvalue weighted by Gasteiger charge is 2.15.